The van der Waals surface area contributed by atoms with E-state index in [0.29, 0.717) is 17.9 Å². The van der Waals surface area contributed by atoms with Crippen molar-refractivity contribution < 1.29 is 23.9 Å². The number of rotatable bonds is 5. The summed E-state index contributed by atoms with van der Waals surface area (Å²) in [7, 11) is 0. The fourth-order valence-electron chi connectivity index (χ4n) is 4.15. The fraction of sp³-hybridized carbons (Fsp3) is 0.550. The van der Waals surface area contributed by atoms with E-state index in [1.807, 2.05) is 12.1 Å². The highest BCUT2D eigenvalue weighted by Crippen LogP contribution is 2.34. The molecule has 1 saturated carbocycles. The molecule has 1 aromatic carbocycles. The van der Waals surface area contributed by atoms with Gasteiger partial charge in [-0.15, -0.1) is 0 Å². The number of ether oxygens (including phenoxy) is 2. The lowest BCUT2D eigenvalue weighted by molar-refractivity contribution is -0.137. The molecule has 0 bridgehead atoms. The summed E-state index contributed by atoms with van der Waals surface area (Å²) >= 11 is 0. The van der Waals surface area contributed by atoms with Crippen molar-refractivity contribution in [2.24, 2.45) is 0 Å². The number of imide groups is 1. The molecule has 28 heavy (non-hydrogen) atoms. The molecule has 2 heterocycles. The lowest BCUT2D eigenvalue weighted by Gasteiger charge is -2.25. The number of benzene rings is 1. The van der Waals surface area contributed by atoms with Crippen LogP contribution in [0.2, 0.25) is 0 Å². The highest BCUT2D eigenvalue weighted by molar-refractivity contribution is 6.09. The topological polar surface area (TPSA) is 97.0 Å². The number of nitrogens with one attached hydrogen (secondary N) is 2. The molecule has 2 fully saturated rings. The average molecular weight is 387 g/mol. The molecule has 8 heteroatoms. The third-order valence-corrected chi connectivity index (χ3v) is 5.76. The molecule has 1 saturated heterocycles. The first-order chi connectivity index (χ1) is 13.4. The Morgan fingerprint density at radius 2 is 2.00 bits per heavy atom. The van der Waals surface area contributed by atoms with Gasteiger partial charge in [-0.05, 0) is 44.4 Å². The van der Waals surface area contributed by atoms with Gasteiger partial charge in [0.15, 0.2) is 11.5 Å². The Labute approximate surface area is 163 Å². The highest BCUT2D eigenvalue weighted by atomic mass is 16.7. The van der Waals surface area contributed by atoms with Gasteiger partial charge in [0.1, 0.15) is 11.6 Å². The third-order valence-electron chi connectivity index (χ3n) is 5.76. The number of carbonyl (C=O) groups excluding carboxylic acids is 3. The van der Waals surface area contributed by atoms with Gasteiger partial charge in [0.05, 0.1) is 0 Å². The van der Waals surface area contributed by atoms with Crippen LogP contribution >= 0.6 is 0 Å². The van der Waals surface area contributed by atoms with Gasteiger partial charge >= 0.3 is 6.03 Å². The number of urea groups is 1. The van der Waals surface area contributed by atoms with Gasteiger partial charge in [-0.3, -0.25) is 9.59 Å². The van der Waals surface area contributed by atoms with E-state index in [9.17, 15) is 14.4 Å². The Morgan fingerprint density at radius 3 is 2.75 bits per heavy atom. The third kappa shape index (κ3) is 3.27. The second-order valence-electron chi connectivity index (χ2n) is 7.97. The minimum atomic E-state index is -1.12. The molecule has 4 rings (SSSR count). The molecular weight excluding hydrogens is 362 g/mol. The summed E-state index contributed by atoms with van der Waals surface area (Å²) in [6.07, 6.45) is 4.37. The molecule has 1 aromatic rings. The van der Waals surface area contributed by atoms with Crippen molar-refractivity contribution in [3.63, 3.8) is 0 Å². The average Bonchev–Trinajstić information content (AvgIpc) is 3.36. The zero-order valence-electron chi connectivity index (χ0n) is 16.1. The van der Waals surface area contributed by atoms with Crippen molar-refractivity contribution in [2.45, 2.75) is 63.6 Å². The lowest BCUT2D eigenvalue weighted by atomic mass is 9.92. The molecule has 150 valence electrons. The Bertz CT molecular complexity index is 820. The number of nitrogens with zero attached hydrogens (tertiary/aromatic N) is 1. The predicted molar refractivity (Wildman–Crippen MR) is 99.9 cm³/mol. The first kappa shape index (κ1) is 18.6. The van der Waals surface area contributed by atoms with E-state index in [2.05, 4.69) is 10.6 Å². The van der Waals surface area contributed by atoms with Crippen LogP contribution in [0.4, 0.5) is 4.79 Å². The van der Waals surface area contributed by atoms with Gasteiger partial charge < -0.3 is 20.1 Å². The van der Waals surface area contributed by atoms with Crippen molar-refractivity contribution >= 4 is 17.8 Å². The first-order valence-corrected chi connectivity index (χ1v) is 9.72. The molecule has 3 aliphatic rings. The maximum Gasteiger partial charge on any atom is 0.325 e. The second-order valence-corrected chi connectivity index (χ2v) is 7.97. The maximum absolute atomic E-state index is 13.1. The quantitative estimate of drug-likeness (QED) is 0.750. The summed E-state index contributed by atoms with van der Waals surface area (Å²) in [5.41, 5.74) is -0.280. The van der Waals surface area contributed by atoms with Crippen molar-refractivity contribution in [3.05, 3.63) is 23.8 Å². The van der Waals surface area contributed by atoms with E-state index in [0.717, 1.165) is 36.1 Å². The molecule has 0 spiro atoms. The van der Waals surface area contributed by atoms with Gasteiger partial charge in [-0.2, -0.15) is 0 Å². The van der Waals surface area contributed by atoms with Gasteiger partial charge in [-0.1, -0.05) is 18.9 Å². The lowest BCUT2D eigenvalue weighted by Crippen LogP contribution is -2.51. The van der Waals surface area contributed by atoms with Crippen LogP contribution in [0.15, 0.2) is 18.2 Å². The standard InChI is InChI=1S/C20H25N3O5/c1-12(17(24)21-14-5-3-4-6-14)23-18(25)20(2,22-19(23)26)10-13-7-8-15-16(9-13)28-11-27-15/h7-9,12,14H,3-6,10-11H2,1-2H3,(H,21,24)(H,22,26)/t12-,20-/m0/s1. The normalized spacial score (nSPS) is 25.1. The van der Waals surface area contributed by atoms with Crippen LogP contribution in [0.25, 0.3) is 0 Å². The van der Waals surface area contributed by atoms with Crippen LogP contribution in [0.5, 0.6) is 11.5 Å². The summed E-state index contributed by atoms with van der Waals surface area (Å²) in [5.74, 6) is 0.598. The van der Waals surface area contributed by atoms with Gasteiger partial charge in [0, 0.05) is 12.5 Å². The van der Waals surface area contributed by atoms with E-state index >= 15 is 0 Å². The van der Waals surface area contributed by atoms with Gasteiger partial charge in [0.2, 0.25) is 12.7 Å². The summed E-state index contributed by atoms with van der Waals surface area (Å²) in [6, 6.07) is 4.19. The van der Waals surface area contributed by atoms with Crippen LogP contribution in [-0.4, -0.2) is 47.2 Å². The summed E-state index contributed by atoms with van der Waals surface area (Å²) in [6.45, 7) is 3.45. The van der Waals surface area contributed by atoms with E-state index in [-0.39, 0.29) is 18.7 Å². The van der Waals surface area contributed by atoms with E-state index in [1.165, 1.54) is 0 Å². The first-order valence-electron chi connectivity index (χ1n) is 9.72. The van der Waals surface area contributed by atoms with Crippen LogP contribution in [0.1, 0.15) is 45.1 Å². The van der Waals surface area contributed by atoms with Gasteiger partial charge in [0.25, 0.3) is 5.91 Å². The Kier molecular flexibility index (Phi) is 4.64. The van der Waals surface area contributed by atoms with Crippen LogP contribution in [0.3, 0.4) is 0 Å². The SMILES string of the molecule is C[C@@H](C(=O)NC1CCCC1)N1C(=O)N[C@@](C)(Cc2ccc3c(c2)OCO3)C1=O. The molecule has 2 N–H and O–H groups in total. The Morgan fingerprint density at radius 1 is 1.29 bits per heavy atom. The van der Waals surface area contributed by atoms with Crippen molar-refractivity contribution in [1.82, 2.24) is 15.5 Å². The largest absolute Gasteiger partial charge is 0.454 e. The minimum Gasteiger partial charge on any atom is -0.454 e. The fourth-order valence-corrected chi connectivity index (χ4v) is 4.15. The molecule has 0 aromatic heterocycles. The molecule has 4 amide bonds. The zero-order valence-corrected chi connectivity index (χ0v) is 16.1. The smallest absolute Gasteiger partial charge is 0.325 e. The number of fused-ring (bicyclic) bond motifs is 1. The number of carbonyl (C=O) groups is 3. The molecule has 2 aliphatic heterocycles. The summed E-state index contributed by atoms with van der Waals surface area (Å²) in [5, 5.41) is 5.72. The molecule has 2 atom stereocenters. The number of hydrogen-bond acceptors (Lipinski definition) is 5. The summed E-state index contributed by atoms with van der Waals surface area (Å²) in [4.78, 5) is 39.2. The zero-order chi connectivity index (χ0) is 19.9. The predicted octanol–water partition coefficient (Wildman–Crippen LogP) is 1.72. The van der Waals surface area contributed by atoms with Gasteiger partial charge in [-0.25, -0.2) is 9.69 Å². The number of hydrogen-bond donors (Lipinski definition) is 2. The van der Waals surface area contributed by atoms with E-state index in [1.54, 1.807) is 19.9 Å². The number of amides is 4. The second kappa shape index (κ2) is 7.00. The summed E-state index contributed by atoms with van der Waals surface area (Å²) < 4.78 is 10.7. The Hall–Kier alpha value is -2.77. The molecular formula is C20H25N3O5. The highest BCUT2D eigenvalue weighted by Gasteiger charge is 2.50. The van der Waals surface area contributed by atoms with E-state index in [4.69, 9.17) is 9.47 Å². The molecule has 1 aliphatic carbocycles. The van der Waals surface area contributed by atoms with Crippen LogP contribution in [-0.2, 0) is 16.0 Å². The van der Waals surface area contributed by atoms with Crippen LogP contribution in [0, 0.1) is 0 Å². The molecule has 8 nitrogen and oxygen atoms in total. The van der Waals surface area contributed by atoms with E-state index < -0.39 is 23.5 Å². The van der Waals surface area contributed by atoms with Crippen molar-refractivity contribution in [2.75, 3.05) is 6.79 Å². The molecule has 0 unspecified atom stereocenters. The van der Waals surface area contributed by atoms with Crippen molar-refractivity contribution in [1.29, 1.82) is 0 Å². The van der Waals surface area contributed by atoms with Crippen LogP contribution < -0.4 is 20.1 Å². The minimum absolute atomic E-state index is 0.135. The maximum atomic E-state index is 13.1. The monoisotopic (exact) mass is 387 g/mol. The Balaban J connectivity index is 1.47. The van der Waals surface area contributed by atoms with Crippen molar-refractivity contribution in [3.8, 4) is 11.5 Å². The molecule has 0 radical (unpaired) electrons.